The van der Waals surface area contributed by atoms with Crippen LogP contribution in [0.1, 0.15) is 11.1 Å². The number of nitrogens with zero attached hydrogens (tertiary/aromatic N) is 2. The maximum atomic E-state index is 12.1. The molecule has 2 aromatic rings. The molecule has 0 aliphatic heterocycles. The Morgan fingerprint density at radius 3 is 2.57 bits per heavy atom. The van der Waals surface area contributed by atoms with E-state index in [0.29, 0.717) is 22.1 Å². The zero-order valence-electron chi connectivity index (χ0n) is 11.0. The Kier molecular flexibility index (Phi) is 4.94. The van der Waals surface area contributed by atoms with Crippen LogP contribution >= 0.6 is 15.9 Å². The van der Waals surface area contributed by atoms with Crippen molar-refractivity contribution in [2.45, 2.75) is 6.42 Å². The van der Waals surface area contributed by atoms with E-state index >= 15 is 0 Å². The molecule has 0 fully saturated rings. The fourth-order valence-corrected chi connectivity index (χ4v) is 3.42. The van der Waals surface area contributed by atoms with Gasteiger partial charge < -0.3 is 0 Å². The van der Waals surface area contributed by atoms with Crippen molar-refractivity contribution in [3.8, 4) is 6.07 Å². The Hall–Kier alpha value is -1.91. The van der Waals surface area contributed by atoms with Gasteiger partial charge in [0.25, 0.3) is 0 Å². The summed E-state index contributed by atoms with van der Waals surface area (Å²) in [6, 6.07) is 10.3. The first-order valence-electron chi connectivity index (χ1n) is 6.09. The molecule has 5 nitrogen and oxygen atoms in total. The SMILES string of the molecule is N#Cc1ccc(NS(=O)(=O)CCc2ccncc2)c(Br)c1. The highest BCUT2D eigenvalue weighted by molar-refractivity contribution is 9.10. The highest BCUT2D eigenvalue weighted by Crippen LogP contribution is 2.24. The smallest absolute Gasteiger partial charge is 0.233 e. The van der Waals surface area contributed by atoms with Gasteiger partial charge in [0, 0.05) is 16.9 Å². The predicted molar refractivity (Wildman–Crippen MR) is 84.2 cm³/mol. The molecule has 0 aliphatic rings. The normalized spacial score (nSPS) is 10.9. The van der Waals surface area contributed by atoms with Gasteiger partial charge in [-0.1, -0.05) is 0 Å². The van der Waals surface area contributed by atoms with E-state index in [1.54, 1.807) is 42.7 Å². The van der Waals surface area contributed by atoms with Crippen LogP contribution in [0.2, 0.25) is 0 Å². The number of pyridine rings is 1. The molecule has 0 unspecified atom stereocenters. The van der Waals surface area contributed by atoms with E-state index in [9.17, 15) is 8.42 Å². The van der Waals surface area contributed by atoms with Crippen LogP contribution in [0.3, 0.4) is 0 Å². The number of sulfonamides is 1. The summed E-state index contributed by atoms with van der Waals surface area (Å²) in [6.45, 7) is 0. The minimum atomic E-state index is -3.46. The lowest BCUT2D eigenvalue weighted by molar-refractivity contribution is 0.600. The second-order valence-electron chi connectivity index (χ2n) is 4.33. The Morgan fingerprint density at radius 1 is 1.24 bits per heavy atom. The van der Waals surface area contributed by atoms with Gasteiger partial charge in [-0.15, -0.1) is 0 Å². The highest BCUT2D eigenvalue weighted by Gasteiger charge is 2.13. The Balaban J connectivity index is 2.06. The zero-order valence-corrected chi connectivity index (χ0v) is 13.4. The van der Waals surface area contributed by atoms with Crippen LogP contribution in [0.15, 0.2) is 47.2 Å². The van der Waals surface area contributed by atoms with Gasteiger partial charge in [-0.05, 0) is 58.2 Å². The van der Waals surface area contributed by atoms with E-state index in [1.165, 1.54) is 0 Å². The lowest BCUT2D eigenvalue weighted by Crippen LogP contribution is -2.18. The van der Waals surface area contributed by atoms with Gasteiger partial charge in [0.05, 0.1) is 23.1 Å². The van der Waals surface area contributed by atoms with Crippen LogP contribution in [0.25, 0.3) is 0 Å². The zero-order chi connectivity index (χ0) is 15.3. The van der Waals surface area contributed by atoms with Crippen molar-refractivity contribution in [1.29, 1.82) is 5.26 Å². The minimum absolute atomic E-state index is 0.0244. The van der Waals surface area contributed by atoms with Crippen LogP contribution in [-0.4, -0.2) is 19.2 Å². The molecular formula is C14H12BrN3O2S. The topological polar surface area (TPSA) is 82.9 Å². The number of anilines is 1. The summed E-state index contributed by atoms with van der Waals surface area (Å²) in [5.41, 5.74) is 1.79. The number of hydrogen-bond acceptors (Lipinski definition) is 4. The van der Waals surface area contributed by atoms with Crippen molar-refractivity contribution in [3.05, 3.63) is 58.3 Å². The third kappa shape index (κ3) is 4.55. The van der Waals surface area contributed by atoms with E-state index in [4.69, 9.17) is 5.26 Å². The molecule has 7 heteroatoms. The first-order valence-corrected chi connectivity index (χ1v) is 8.54. The van der Waals surface area contributed by atoms with Gasteiger partial charge >= 0.3 is 0 Å². The number of benzene rings is 1. The number of hydrogen-bond donors (Lipinski definition) is 1. The molecule has 1 aromatic carbocycles. The highest BCUT2D eigenvalue weighted by atomic mass is 79.9. The molecule has 108 valence electrons. The van der Waals surface area contributed by atoms with Gasteiger partial charge in [0.2, 0.25) is 10.0 Å². The monoisotopic (exact) mass is 365 g/mol. The standard InChI is InChI=1S/C14H12BrN3O2S/c15-13-9-12(10-16)1-2-14(13)18-21(19,20)8-5-11-3-6-17-7-4-11/h1-4,6-7,9,18H,5,8H2. The van der Waals surface area contributed by atoms with Gasteiger partial charge in [-0.2, -0.15) is 5.26 Å². The van der Waals surface area contributed by atoms with Crippen LogP contribution in [-0.2, 0) is 16.4 Å². The number of nitriles is 1. The Bertz CT molecular complexity index is 771. The first kappa shape index (κ1) is 15.5. The number of aryl methyl sites for hydroxylation is 1. The van der Waals surface area contributed by atoms with Crippen molar-refractivity contribution in [1.82, 2.24) is 4.98 Å². The van der Waals surface area contributed by atoms with Crippen molar-refractivity contribution < 1.29 is 8.42 Å². The molecule has 0 amide bonds. The van der Waals surface area contributed by atoms with E-state index in [-0.39, 0.29) is 5.75 Å². The van der Waals surface area contributed by atoms with E-state index in [2.05, 4.69) is 25.6 Å². The van der Waals surface area contributed by atoms with Crippen molar-refractivity contribution in [3.63, 3.8) is 0 Å². The summed E-state index contributed by atoms with van der Waals surface area (Å²) >= 11 is 3.25. The molecule has 0 radical (unpaired) electrons. The molecule has 0 atom stereocenters. The van der Waals surface area contributed by atoms with Gasteiger partial charge in [-0.25, -0.2) is 8.42 Å². The fourth-order valence-electron chi connectivity index (χ4n) is 1.69. The van der Waals surface area contributed by atoms with E-state index in [1.807, 2.05) is 6.07 Å². The maximum absolute atomic E-state index is 12.1. The third-order valence-electron chi connectivity index (χ3n) is 2.77. The molecule has 1 aromatic heterocycles. The summed E-state index contributed by atoms with van der Waals surface area (Å²) in [7, 11) is -3.46. The molecule has 21 heavy (non-hydrogen) atoms. The molecule has 1 N–H and O–H groups in total. The van der Waals surface area contributed by atoms with Gasteiger partial charge in [0.15, 0.2) is 0 Å². The lowest BCUT2D eigenvalue weighted by Gasteiger charge is -2.10. The van der Waals surface area contributed by atoms with Gasteiger partial charge in [-0.3, -0.25) is 9.71 Å². The Labute approximate surface area is 131 Å². The number of aromatic nitrogens is 1. The van der Waals surface area contributed by atoms with Crippen LogP contribution in [0.5, 0.6) is 0 Å². The molecular weight excluding hydrogens is 354 g/mol. The van der Waals surface area contributed by atoms with E-state index < -0.39 is 10.0 Å². The maximum Gasteiger partial charge on any atom is 0.233 e. The van der Waals surface area contributed by atoms with Crippen molar-refractivity contribution >= 4 is 31.6 Å². The number of halogens is 1. The summed E-state index contributed by atoms with van der Waals surface area (Å²) in [5.74, 6) is -0.0244. The van der Waals surface area contributed by atoms with E-state index in [0.717, 1.165) is 5.56 Å². The van der Waals surface area contributed by atoms with Crippen LogP contribution < -0.4 is 4.72 Å². The van der Waals surface area contributed by atoms with Crippen molar-refractivity contribution in [2.24, 2.45) is 0 Å². The molecule has 0 aliphatic carbocycles. The largest absolute Gasteiger partial charge is 0.282 e. The second kappa shape index (κ2) is 6.70. The molecule has 0 saturated carbocycles. The third-order valence-corrected chi connectivity index (χ3v) is 4.70. The quantitative estimate of drug-likeness (QED) is 0.882. The first-order chi connectivity index (χ1) is 10.00. The molecule has 0 saturated heterocycles. The number of rotatable bonds is 5. The average Bonchev–Trinajstić information content (AvgIpc) is 2.48. The number of nitrogens with one attached hydrogen (secondary N) is 1. The lowest BCUT2D eigenvalue weighted by atomic mass is 10.2. The summed E-state index contributed by atoms with van der Waals surface area (Å²) in [6.07, 6.45) is 3.67. The summed E-state index contributed by atoms with van der Waals surface area (Å²) < 4.78 is 27.2. The van der Waals surface area contributed by atoms with Crippen LogP contribution in [0.4, 0.5) is 5.69 Å². The molecule has 2 rings (SSSR count). The molecule has 1 heterocycles. The van der Waals surface area contributed by atoms with Crippen LogP contribution in [0, 0.1) is 11.3 Å². The average molecular weight is 366 g/mol. The fraction of sp³-hybridized carbons (Fsp3) is 0.143. The second-order valence-corrected chi connectivity index (χ2v) is 7.03. The summed E-state index contributed by atoms with van der Waals surface area (Å²) in [4.78, 5) is 3.89. The van der Waals surface area contributed by atoms with Gasteiger partial charge in [0.1, 0.15) is 0 Å². The Morgan fingerprint density at radius 2 is 1.95 bits per heavy atom. The predicted octanol–water partition coefficient (Wildman–Crippen LogP) is 2.70. The molecule has 0 spiro atoms. The molecule has 0 bridgehead atoms. The summed E-state index contributed by atoms with van der Waals surface area (Å²) in [5, 5.41) is 8.78. The van der Waals surface area contributed by atoms with Crippen molar-refractivity contribution in [2.75, 3.05) is 10.5 Å². The minimum Gasteiger partial charge on any atom is -0.282 e.